The number of aryl methyl sites for hydroxylation is 1. The van der Waals surface area contributed by atoms with Crippen LogP contribution in [0.1, 0.15) is 36.1 Å². The van der Waals surface area contributed by atoms with Gasteiger partial charge in [-0.3, -0.25) is 0 Å². The van der Waals surface area contributed by atoms with Crippen molar-refractivity contribution in [3.63, 3.8) is 0 Å². The molecule has 0 spiro atoms. The number of hydrogen-bond donors (Lipinski definition) is 1. The Morgan fingerprint density at radius 1 is 1.33 bits per heavy atom. The molecule has 0 aliphatic heterocycles. The Morgan fingerprint density at radius 3 is 2.58 bits per heavy atom. The van der Waals surface area contributed by atoms with E-state index in [2.05, 4.69) is 39.0 Å². The van der Waals surface area contributed by atoms with Crippen LogP contribution in [-0.2, 0) is 0 Å². The Bertz CT molecular complexity index is 266. The van der Waals surface area contributed by atoms with Crippen molar-refractivity contribution in [1.29, 1.82) is 0 Å². The van der Waals surface area contributed by atoms with Crippen LogP contribution in [0.2, 0.25) is 0 Å². The van der Waals surface area contributed by atoms with Crippen LogP contribution in [0.4, 0.5) is 0 Å². The van der Waals surface area contributed by atoms with Gasteiger partial charge in [0.2, 0.25) is 0 Å². The zero-order valence-electron chi connectivity index (χ0n) is 8.09. The quantitative estimate of drug-likeness (QED) is 0.712. The first-order chi connectivity index (χ1) is 5.66. The molecule has 1 rings (SSSR count). The highest BCUT2D eigenvalue weighted by molar-refractivity contribution is 5.34. The van der Waals surface area contributed by atoms with E-state index in [1.54, 1.807) is 0 Å². The van der Waals surface area contributed by atoms with Crippen molar-refractivity contribution in [3.05, 3.63) is 34.9 Å². The van der Waals surface area contributed by atoms with Crippen LogP contribution >= 0.6 is 0 Å². The van der Waals surface area contributed by atoms with Crippen LogP contribution in [0, 0.1) is 13.8 Å². The summed E-state index contributed by atoms with van der Waals surface area (Å²) in [6.45, 7) is 6.38. The van der Waals surface area contributed by atoms with Gasteiger partial charge in [0.1, 0.15) is 0 Å². The molecule has 0 saturated carbocycles. The fourth-order valence-electron chi connectivity index (χ4n) is 1.40. The number of hydrogen-bond acceptors (Lipinski definition) is 1. The van der Waals surface area contributed by atoms with Gasteiger partial charge in [-0.2, -0.15) is 0 Å². The maximum Gasteiger partial charge on any atom is 0.0294 e. The molecular weight excluding hydrogens is 146 g/mol. The fourth-order valence-corrected chi connectivity index (χ4v) is 1.40. The predicted molar refractivity (Wildman–Crippen MR) is 53.1 cm³/mol. The van der Waals surface area contributed by atoms with Crippen molar-refractivity contribution >= 4 is 0 Å². The van der Waals surface area contributed by atoms with Gasteiger partial charge in [0.25, 0.3) is 0 Å². The van der Waals surface area contributed by atoms with Crippen molar-refractivity contribution < 1.29 is 0 Å². The lowest BCUT2D eigenvalue weighted by Gasteiger charge is -2.13. The molecule has 0 heterocycles. The molecule has 0 bridgehead atoms. The molecule has 66 valence electrons. The van der Waals surface area contributed by atoms with E-state index >= 15 is 0 Å². The molecule has 0 aromatic heterocycles. The lowest BCUT2D eigenvalue weighted by molar-refractivity contribution is 0.693. The van der Waals surface area contributed by atoms with Crippen molar-refractivity contribution in [3.8, 4) is 0 Å². The van der Waals surface area contributed by atoms with Gasteiger partial charge in [0.15, 0.2) is 0 Å². The molecule has 0 fully saturated rings. The van der Waals surface area contributed by atoms with E-state index in [-0.39, 0.29) is 6.04 Å². The minimum atomic E-state index is 0.199. The molecule has 12 heavy (non-hydrogen) atoms. The molecular formula is C11H17N. The van der Waals surface area contributed by atoms with Gasteiger partial charge < -0.3 is 5.73 Å². The van der Waals surface area contributed by atoms with E-state index < -0.39 is 0 Å². The Morgan fingerprint density at radius 2 is 2.00 bits per heavy atom. The summed E-state index contributed by atoms with van der Waals surface area (Å²) in [5, 5.41) is 0. The summed E-state index contributed by atoms with van der Waals surface area (Å²) in [6, 6.07) is 6.52. The molecule has 0 radical (unpaired) electrons. The summed E-state index contributed by atoms with van der Waals surface area (Å²) in [5.41, 5.74) is 9.92. The first-order valence-corrected chi connectivity index (χ1v) is 4.48. The molecule has 0 aliphatic carbocycles. The number of rotatable bonds is 2. The van der Waals surface area contributed by atoms with Crippen molar-refractivity contribution in [2.24, 2.45) is 5.73 Å². The molecule has 0 aliphatic rings. The summed E-state index contributed by atoms with van der Waals surface area (Å²) in [6.07, 6.45) is 1.00. The molecule has 1 nitrogen and oxygen atoms in total. The Labute approximate surface area is 74.6 Å². The molecule has 0 saturated heterocycles. The summed E-state index contributed by atoms with van der Waals surface area (Å²) in [4.78, 5) is 0. The van der Waals surface area contributed by atoms with Gasteiger partial charge in [-0.1, -0.05) is 25.1 Å². The molecule has 1 aromatic carbocycles. The second-order valence-electron chi connectivity index (χ2n) is 3.30. The summed E-state index contributed by atoms with van der Waals surface area (Å²) >= 11 is 0. The van der Waals surface area contributed by atoms with E-state index in [0.29, 0.717) is 0 Å². The molecule has 1 heteroatoms. The topological polar surface area (TPSA) is 26.0 Å². The van der Waals surface area contributed by atoms with Crippen LogP contribution in [-0.4, -0.2) is 0 Å². The van der Waals surface area contributed by atoms with Crippen LogP contribution in [0.15, 0.2) is 18.2 Å². The summed E-state index contributed by atoms with van der Waals surface area (Å²) in [5.74, 6) is 0. The van der Waals surface area contributed by atoms with E-state index in [4.69, 9.17) is 5.73 Å². The third kappa shape index (κ3) is 1.67. The van der Waals surface area contributed by atoms with Gasteiger partial charge in [-0.05, 0) is 37.0 Å². The standard InChI is InChI=1S/C11H17N/c1-4-11(12)10-7-5-6-8(2)9(10)3/h5-7,11H,4,12H2,1-3H3. The van der Waals surface area contributed by atoms with E-state index in [1.807, 2.05) is 0 Å². The average molecular weight is 163 g/mol. The van der Waals surface area contributed by atoms with Crippen LogP contribution < -0.4 is 5.73 Å². The highest BCUT2D eigenvalue weighted by Gasteiger charge is 2.06. The van der Waals surface area contributed by atoms with Crippen molar-refractivity contribution in [2.45, 2.75) is 33.2 Å². The van der Waals surface area contributed by atoms with Crippen LogP contribution in [0.3, 0.4) is 0 Å². The second kappa shape index (κ2) is 3.72. The molecule has 1 aromatic rings. The smallest absolute Gasteiger partial charge is 0.0294 e. The lowest BCUT2D eigenvalue weighted by atomic mass is 9.97. The maximum absolute atomic E-state index is 5.96. The minimum absolute atomic E-state index is 0.199. The highest BCUT2D eigenvalue weighted by Crippen LogP contribution is 2.20. The maximum atomic E-state index is 5.96. The average Bonchev–Trinajstić information content (AvgIpc) is 2.08. The van der Waals surface area contributed by atoms with Crippen LogP contribution in [0.25, 0.3) is 0 Å². The lowest BCUT2D eigenvalue weighted by Crippen LogP contribution is -2.10. The molecule has 2 N–H and O–H groups in total. The molecule has 1 atom stereocenters. The first kappa shape index (κ1) is 9.27. The summed E-state index contributed by atoms with van der Waals surface area (Å²) in [7, 11) is 0. The Balaban J connectivity index is 3.07. The third-order valence-electron chi connectivity index (χ3n) is 2.49. The van der Waals surface area contributed by atoms with Crippen molar-refractivity contribution in [1.82, 2.24) is 0 Å². The van der Waals surface area contributed by atoms with Crippen LogP contribution in [0.5, 0.6) is 0 Å². The highest BCUT2D eigenvalue weighted by atomic mass is 14.6. The largest absolute Gasteiger partial charge is 0.324 e. The number of benzene rings is 1. The minimum Gasteiger partial charge on any atom is -0.324 e. The molecule has 0 amide bonds. The summed E-state index contributed by atoms with van der Waals surface area (Å²) < 4.78 is 0. The Hall–Kier alpha value is -0.820. The van der Waals surface area contributed by atoms with Gasteiger partial charge in [-0.15, -0.1) is 0 Å². The normalized spacial score (nSPS) is 13.0. The SMILES string of the molecule is CCC(N)c1cccc(C)c1C. The van der Waals surface area contributed by atoms with E-state index in [0.717, 1.165) is 6.42 Å². The second-order valence-corrected chi connectivity index (χ2v) is 3.30. The Kier molecular flexibility index (Phi) is 2.88. The van der Waals surface area contributed by atoms with Gasteiger partial charge >= 0.3 is 0 Å². The zero-order valence-corrected chi connectivity index (χ0v) is 8.09. The third-order valence-corrected chi connectivity index (χ3v) is 2.49. The number of nitrogens with two attached hydrogens (primary N) is 1. The van der Waals surface area contributed by atoms with Gasteiger partial charge in [0, 0.05) is 6.04 Å². The fraction of sp³-hybridized carbons (Fsp3) is 0.455. The van der Waals surface area contributed by atoms with Crippen molar-refractivity contribution in [2.75, 3.05) is 0 Å². The zero-order chi connectivity index (χ0) is 9.14. The monoisotopic (exact) mass is 163 g/mol. The first-order valence-electron chi connectivity index (χ1n) is 4.48. The van der Waals surface area contributed by atoms with E-state index in [9.17, 15) is 0 Å². The predicted octanol–water partition coefficient (Wildman–Crippen LogP) is 2.71. The molecule has 1 unspecified atom stereocenters. The van der Waals surface area contributed by atoms with Gasteiger partial charge in [-0.25, -0.2) is 0 Å². The van der Waals surface area contributed by atoms with Gasteiger partial charge in [0.05, 0.1) is 0 Å². The van der Waals surface area contributed by atoms with E-state index in [1.165, 1.54) is 16.7 Å².